The normalized spacial score (nSPS) is 16.3. The van der Waals surface area contributed by atoms with E-state index in [0.717, 1.165) is 65.1 Å². The minimum absolute atomic E-state index is 0. The summed E-state index contributed by atoms with van der Waals surface area (Å²) in [5, 5.41) is 3.11. The van der Waals surface area contributed by atoms with Crippen molar-refractivity contribution in [3.05, 3.63) is 0 Å². The molecular formula is C17H36IN5O2. The molecule has 3 N–H and O–H groups in total. The van der Waals surface area contributed by atoms with Gasteiger partial charge in [0.2, 0.25) is 0 Å². The number of piperazine rings is 1. The third-order valence-electron chi connectivity index (χ3n) is 3.78. The summed E-state index contributed by atoms with van der Waals surface area (Å²) in [7, 11) is 0. The molecule has 0 spiro atoms. The number of guanidine groups is 1. The number of ether oxygens (including phenoxy) is 1. The molecular weight excluding hydrogens is 433 g/mol. The third kappa shape index (κ3) is 11.5. The first kappa shape index (κ1) is 24.2. The van der Waals surface area contributed by atoms with E-state index < -0.39 is 5.60 Å². The van der Waals surface area contributed by atoms with Crippen LogP contribution in [0.15, 0.2) is 4.99 Å². The summed E-state index contributed by atoms with van der Waals surface area (Å²) >= 11 is 0. The maximum Gasteiger partial charge on any atom is 0.410 e. The lowest BCUT2D eigenvalue weighted by atomic mass is 10.2. The number of aliphatic imine (C=N–C) groups is 1. The number of hydrogen-bond donors (Lipinski definition) is 2. The number of hydrogen-bond acceptors (Lipinski definition) is 4. The van der Waals surface area contributed by atoms with Crippen LogP contribution in [0.25, 0.3) is 0 Å². The molecule has 1 heterocycles. The Morgan fingerprint density at radius 2 is 1.84 bits per heavy atom. The van der Waals surface area contributed by atoms with Crippen LogP contribution in [0.2, 0.25) is 0 Å². The zero-order valence-corrected chi connectivity index (χ0v) is 18.5. The number of rotatable bonds is 7. The molecule has 1 rings (SSSR count). The largest absolute Gasteiger partial charge is 0.444 e. The number of carbonyl (C=O) groups is 1. The van der Waals surface area contributed by atoms with Crippen LogP contribution in [0.1, 0.15) is 47.0 Å². The summed E-state index contributed by atoms with van der Waals surface area (Å²) < 4.78 is 5.41. The molecule has 8 heteroatoms. The molecule has 148 valence electrons. The maximum atomic E-state index is 12.0. The van der Waals surface area contributed by atoms with Crippen molar-refractivity contribution in [3.8, 4) is 0 Å². The first-order chi connectivity index (χ1) is 11.3. The first-order valence-corrected chi connectivity index (χ1v) is 9.06. The van der Waals surface area contributed by atoms with E-state index in [0.29, 0.717) is 5.96 Å². The van der Waals surface area contributed by atoms with E-state index in [1.165, 1.54) is 0 Å². The molecule has 0 aromatic heterocycles. The van der Waals surface area contributed by atoms with Gasteiger partial charge in [0.25, 0.3) is 0 Å². The Morgan fingerprint density at radius 3 is 2.40 bits per heavy atom. The van der Waals surface area contributed by atoms with E-state index in [9.17, 15) is 4.79 Å². The second kappa shape index (κ2) is 12.6. The van der Waals surface area contributed by atoms with Crippen molar-refractivity contribution in [1.82, 2.24) is 15.1 Å². The number of nitrogens with zero attached hydrogens (tertiary/aromatic N) is 3. The standard InChI is InChI=1S/C17H35N5O2.HI/c1-5-6-8-19-15(18)20-9-7-10-21-11-13-22(14-12-21)16(23)24-17(2,3)4;/h5-14H2,1-4H3,(H3,18,19,20);1H. The Morgan fingerprint density at radius 1 is 1.20 bits per heavy atom. The van der Waals surface area contributed by atoms with Gasteiger partial charge >= 0.3 is 6.09 Å². The van der Waals surface area contributed by atoms with Crippen LogP contribution in [0.4, 0.5) is 4.79 Å². The second-order valence-electron chi connectivity index (χ2n) is 7.21. The van der Waals surface area contributed by atoms with E-state index >= 15 is 0 Å². The molecule has 0 atom stereocenters. The molecule has 0 aromatic rings. The SMILES string of the molecule is CCCCNC(N)=NCCCN1CCN(C(=O)OC(C)(C)C)CC1.I. The summed E-state index contributed by atoms with van der Waals surface area (Å²) in [5.41, 5.74) is 5.37. The van der Waals surface area contributed by atoms with Crippen molar-refractivity contribution in [1.29, 1.82) is 0 Å². The van der Waals surface area contributed by atoms with Crippen molar-refractivity contribution >= 4 is 36.0 Å². The quantitative estimate of drug-likeness (QED) is 0.259. The van der Waals surface area contributed by atoms with Crippen LogP contribution in [0, 0.1) is 0 Å². The third-order valence-corrected chi connectivity index (χ3v) is 3.78. The van der Waals surface area contributed by atoms with E-state index in [1.807, 2.05) is 20.8 Å². The van der Waals surface area contributed by atoms with Crippen molar-refractivity contribution in [2.75, 3.05) is 45.8 Å². The zero-order chi connectivity index (χ0) is 18.0. The van der Waals surface area contributed by atoms with Crippen LogP contribution >= 0.6 is 24.0 Å². The number of nitrogens with two attached hydrogens (primary N) is 1. The molecule has 1 aliphatic heterocycles. The fourth-order valence-corrected chi connectivity index (χ4v) is 2.42. The maximum absolute atomic E-state index is 12.0. The molecule has 0 saturated carbocycles. The molecule has 1 saturated heterocycles. The minimum Gasteiger partial charge on any atom is -0.444 e. The molecule has 0 bridgehead atoms. The monoisotopic (exact) mass is 469 g/mol. The van der Waals surface area contributed by atoms with Gasteiger partial charge in [-0.05, 0) is 33.6 Å². The van der Waals surface area contributed by atoms with E-state index in [2.05, 4.69) is 22.1 Å². The van der Waals surface area contributed by atoms with Gasteiger partial charge in [0.05, 0.1) is 0 Å². The van der Waals surface area contributed by atoms with Crippen molar-refractivity contribution in [2.24, 2.45) is 10.7 Å². The molecule has 0 aromatic carbocycles. The highest BCUT2D eigenvalue weighted by Crippen LogP contribution is 2.11. The lowest BCUT2D eigenvalue weighted by Gasteiger charge is -2.35. The summed E-state index contributed by atoms with van der Waals surface area (Å²) in [6, 6.07) is 0. The van der Waals surface area contributed by atoms with Gasteiger partial charge in [0, 0.05) is 45.8 Å². The summed E-state index contributed by atoms with van der Waals surface area (Å²) in [5.74, 6) is 0.540. The number of carbonyl (C=O) groups excluding carboxylic acids is 1. The van der Waals surface area contributed by atoms with E-state index in [4.69, 9.17) is 10.5 Å². The fourth-order valence-electron chi connectivity index (χ4n) is 2.42. The van der Waals surface area contributed by atoms with Crippen molar-refractivity contribution in [2.45, 2.75) is 52.6 Å². The van der Waals surface area contributed by atoms with Gasteiger partial charge < -0.3 is 20.7 Å². The Balaban J connectivity index is 0.00000576. The number of halogens is 1. The highest BCUT2D eigenvalue weighted by molar-refractivity contribution is 14.0. The van der Waals surface area contributed by atoms with Gasteiger partial charge in [-0.2, -0.15) is 0 Å². The van der Waals surface area contributed by atoms with Gasteiger partial charge in [0.1, 0.15) is 5.60 Å². The zero-order valence-electron chi connectivity index (χ0n) is 16.2. The molecule has 0 unspecified atom stereocenters. The lowest BCUT2D eigenvalue weighted by Crippen LogP contribution is -2.50. The molecule has 7 nitrogen and oxygen atoms in total. The Bertz CT molecular complexity index is 404. The molecule has 0 radical (unpaired) electrons. The number of amides is 1. The lowest BCUT2D eigenvalue weighted by molar-refractivity contribution is 0.0145. The first-order valence-electron chi connectivity index (χ1n) is 9.06. The second-order valence-corrected chi connectivity index (χ2v) is 7.21. The predicted molar refractivity (Wildman–Crippen MR) is 114 cm³/mol. The van der Waals surface area contributed by atoms with Crippen LogP contribution < -0.4 is 11.1 Å². The Hall–Kier alpha value is -0.770. The van der Waals surface area contributed by atoms with Crippen LogP contribution in [-0.4, -0.2) is 73.3 Å². The molecule has 1 fully saturated rings. The smallest absolute Gasteiger partial charge is 0.410 e. The van der Waals surface area contributed by atoms with Gasteiger partial charge in [-0.25, -0.2) is 4.79 Å². The van der Waals surface area contributed by atoms with Gasteiger partial charge in [-0.1, -0.05) is 13.3 Å². The van der Waals surface area contributed by atoms with Crippen LogP contribution in [0.5, 0.6) is 0 Å². The Kier molecular flexibility index (Phi) is 12.2. The topological polar surface area (TPSA) is 83.2 Å². The van der Waals surface area contributed by atoms with Gasteiger partial charge in [-0.3, -0.25) is 9.89 Å². The Labute approximate surface area is 169 Å². The minimum atomic E-state index is -0.433. The number of nitrogens with one attached hydrogen (secondary N) is 1. The fraction of sp³-hybridized carbons (Fsp3) is 0.882. The van der Waals surface area contributed by atoms with Crippen molar-refractivity contribution in [3.63, 3.8) is 0 Å². The highest BCUT2D eigenvalue weighted by atomic mass is 127. The predicted octanol–water partition coefficient (Wildman–Crippen LogP) is 2.25. The van der Waals surface area contributed by atoms with Crippen LogP contribution in [0.3, 0.4) is 0 Å². The molecule has 25 heavy (non-hydrogen) atoms. The van der Waals surface area contributed by atoms with E-state index in [1.54, 1.807) is 4.90 Å². The highest BCUT2D eigenvalue weighted by Gasteiger charge is 2.25. The van der Waals surface area contributed by atoms with E-state index in [-0.39, 0.29) is 30.1 Å². The van der Waals surface area contributed by atoms with Gasteiger partial charge in [0.15, 0.2) is 5.96 Å². The molecule has 1 amide bonds. The molecule has 1 aliphatic rings. The molecule has 0 aliphatic carbocycles. The number of unbranched alkanes of at least 4 members (excludes halogenated alkanes) is 1. The summed E-state index contributed by atoms with van der Waals surface area (Å²) in [6.45, 7) is 13.6. The average Bonchev–Trinajstić information content (AvgIpc) is 2.51. The van der Waals surface area contributed by atoms with Gasteiger partial charge in [-0.15, -0.1) is 24.0 Å². The summed E-state index contributed by atoms with van der Waals surface area (Å²) in [4.78, 5) is 20.5. The van der Waals surface area contributed by atoms with Crippen molar-refractivity contribution < 1.29 is 9.53 Å². The average molecular weight is 469 g/mol. The summed E-state index contributed by atoms with van der Waals surface area (Å²) in [6.07, 6.45) is 3.02. The van der Waals surface area contributed by atoms with Crippen LogP contribution in [-0.2, 0) is 4.74 Å².